The quantitative estimate of drug-likeness (QED) is 0.509. The van der Waals surface area contributed by atoms with E-state index >= 15 is 0 Å². The van der Waals surface area contributed by atoms with Gasteiger partial charge in [-0.05, 0) is 61.7 Å². The maximum absolute atomic E-state index is 12.8. The Morgan fingerprint density at radius 3 is 2.79 bits per heavy atom. The fourth-order valence-corrected chi connectivity index (χ4v) is 3.16. The minimum Gasteiger partial charge on any atom is -0.404 e. The molecule has 0 saturated carbocycles. The van der Waals surface area contributed by atoms with Crippen LogP contribution in [0, 0.1) is 0 Å². The standard InChI is InChI=1S/C21H28Cl2N4O2/c1-3-5-19(25-12-15-7-8-17(22)18(23)10-15)27-21(28)20(14(2)11-24)26-13-16-6-4-9-29-16/h5,7-8,10-11,16,25H,3-4,6,9,12-13,24H2,1-2H3,(H,27,28)/b14-11?,19-5+,26-20?. The van der Waals surface area contributed by atoms with Gasteiger partial charge in [-0.25, -0.2) is 0 Å². The summed E-state index contributed by atoms with van der Waals surface area (Å²) < 4.78 is 5.59. The average Bonchev–Trinajstić information content (AvgIpc) is 3.22. The maximum Gasteiger partial charge on any atom is 0.275 e. The number of carbonyl (C=O) groups is 1. The minimum absolute atomic E-state index is 0.0572. The Morgan fingerprint density at radius 1 is 1.38 bits per heavy atom. The molecule has 1 aromatic rings. The largest absolute Gasteiger partial charge is 0.404 e. The van der Waals surface area contributed by atoms with Crippen molar-refractivity contribution in [3.05, 3.63) is 57.5 Å². The molecule has 0 radical (unpaired) electrons. The number of benzene rings is 1. The van der Waals surface area contributed by atoms with Gasteiger partial charge in [0.2, 0.25) is 0 Å². The van der Waals surface area contributed by atoms with Crippen LogP contribution in [0.15, 0.2) is 46.9 Å². The lowest BCUT2D eigenvalue weighted by atomic mass is 10.1. The van der Waals surface area contributed by atoms with Crippen molar-refractivity contribution in [2.45, 2.75) is 45.8 Å². The number of aliphatic imine (C=N–C) groups is 1. The fraction of sp³-hybridized carbons (Fsp3) is 0.429. The molecule has 1 unspecified atom stereocenters. The number of ether oxygens (including phenoxy) is 1. The second-order valence-corrected chi connectivity index (χ2v) is 7.57. The predicted octanol–water partition coefficient (Wildman–Crippen LogP) is 3.93. The number of nitrogens with two attached hydrogens (primary N) is 1. The number of halogens is 2. The summed E-state index contributed by atoms with van der Waals surface area (Å²) in [6, 6.07) is 5.41. The lowest BCUT2D eigenvalue weighted by Gasteiger charge is -2.15. The molecular weight excluding hydrogens is 411 g/mol. The Balaban J connectivity index is 2.05. The van der Waals surface area contributed by atoms with Gasteiger partial charge in [-0.3, -0.25) is 9.79 Å². The number of carbonyl (C=O) groups excluding carboxylic acids is 1. The Kier molecular flexibility index (Phi) is 9.51. The second kappa shape index (κ2) is 11.9. The Morgan fingerprint density at radius 2 is 2.17 bits per heavy atom. The van der Waals surface area contributed by atoms with Gasteiger partial charge in [-0.15, -0.1) is 0 Å². The van der Waals surface area contributed by atoms with Gasteiger partial charge >= 0.3 is 0 Å². The molecule has 0 bridgehead atoms. The van der Waals surface area contributed by atoms with Gasteiger partial charge in [0.1, 0.15) is 11.5 Å². The van der Waals surface area contributed by atoms with Crippen molar-refractivity contribution in [3.8, 4) is 0 Å². The Bertz CT molecular complexity index is 800. The van der Waals surface area contributed by atoms with Gasteiger partial charge in [0, 0.05) is 13.2 Å². The van der Waals surface area contributed by atoms with Crippen LogP contribution in [0.25, 0.3) is 0 Å². The van der Waals surface area contributed by atoms with Gasteiger partial charge in [-0.2, -0.15) is 0 Å². The third-order valence-corrected chi connectivity index (χ3v) is 5.18. The molecular formula is C21H28Cl2N4O2. The zero-order valence-corrected chi connectivity index (χ0v) is 18.3. The van der Waals surface area contributed by atoms with E-state index in [1.165, 1.54) is 6.20 Å². The highest BCUT2D eigenvalue weighted by atomic mass is 35.5. The molecule has 1 saturated heterocycles. The van der Waals surface area contributed by atoms with Crippen molar-refractivity contribution in [1.29, 1.82) is 0 Å². The highest BCUT2D eigenvalue weighted by molar-refractivity contribution is 6.45. The smallest absolute Gasteiger partial charge is 0.275 e. The topological polar surface area (TPSA) is 88.7 Å². The van der Waals surface area contributed by atoms with Gasteiger partial charge in [0.25, 0.3) is 5.91 Å². The van der Waals surface area contributed by atoms with Gasteiger partial charge in [0.15, 0.2) is 0 Å². The van der Waals surface area contributed by atoms with E-state index in [1.54, 1.807) is 19.1 Å². The maximum atomic E-state index is 12.8. The summed E-state index contributed by atoms with van der Waals surface area (Å²) in [7, 11) is 0. The zero-order chi connectivity index (χ0) is 21.2. The molecule has 1 atom stereocenters. The number of amides is 1. The molecule has 0 aromatic heterocycles. The molecule has 8 heteroatoms. The van der Waals surface area contributed by atoms with Crippen molar-refractivity contribution >= 4 is 34.8 Å². The van der Waals surface area contributed by atoms with Crippen molar-refractivity contribution < 1.29 is 9.53 Å². The summed E-state index contributed by atoms with van der Waals surface area (Å²) in [5.41, 5.74) is 7.50. The summed E-state index contributed by atoms with van der Waals surface area (Å²) >= 11 is 12.0. The van der Waals surface area contributed by atoms with Crippen molar-refractivity contribution in [1.82, 2.24) is 10.6 Å². The van der Waals surface area contributed by atoms with E-state index in [1.807, 2.05) is 19.1 Å². The highest BCUT2D eigenvalue weighted by Crippen LogP contribution is 2.22. The normalized spacial score (nSPS) is 18.1. The highest BCUT2D eigenvalue weighted by Gasteiger charge is 2.18. The first-order valence-corrected chi connectivity index (χ1v) is 10.4. The van der Waals surface area contributed by atoms with E-state index in [0.29, 0.717) is 40.2 Å². The molecule has 4 N–H and O–H groups in total. The zero-order valence-electron chi connectivity index (χ0n) is 16.8. The number of hydrogen-bond donors (Lipinski definition) is 3. The molecule has 1 fully saturated rings. The number of nitrogens with zero attached hydrogens (tertiary/aromatic N) is 1. The van der Waals surface area contributed by atoms with E-state index in [0.717, 1.165) is 31.4 Å². The Labute approximate surface area is 182 Å². The molecule has 158 valence electrons. The summed E-state index contributed by atoms with van der Waals surface area (Å²) in [5.74, 6) is 0.279. The first-order chi connectivity index (χ1) is 13.9. The van der Waals surface area contributed by atoms with Crippen LogP contribution in [-0.4, -0.2) is 30.9 Å². The fourth-order valence-electron chi connectivity index (χ4n) is 2.84. The van der Waals surface area contributed by atoms with E-state index in [-0.39, 0.29) is 12.0 Å². The van der Waals surface area contributed by atoms with Gasteiger partial charge in [0.05, 0.1) is 22.7 Å². The number of hydrogen-bond acceptors (Lipinski definition) is 5. The number of rotatable bonds is 9. The lowest BCUT2D eigenvalue weighted by molar-refractivity contribution is -0.114. The molecule has 0 aliphatic carbocycles. The van der Waals surface area contributed by atoms with Crippen molar-refractivity contribution in [2.24, 2.45) is 10.7 Å². The van der Waals surface area contributed by atoms with E-state index < -0.39 is 0 Å². The number of allylic oxidation sites excluding steroid dienone is 1. The summed E-state index contributed by atoms with van der Waals surface area (Å²) in [6.07, 6.45) is 6.07. The van der Waals surface area contributed by atoms with Crippen LogP contribution < -0.4 is 16.4 Å². The first kappa shape index (κ1) is 23.3. The van der Waals surface area contributed by atoms with Crippen LogP contribution in [0.2, 0.25) is 10.0 Å². The molecule has 1 amide bonds. The summed E-state index contributed by atoms with van der Waals surface area (Å²) in [4.78, 5) is 17.3. The van der Waals surface area contributed by atoms with E-state index in [9.17, 15) is 4.79 Å². The van der Waals surface area contributed by atoms with E-state index in [2.05, 4.69) is 15.6 Å². The van der Waals surface area contributed by atoms with Crippen LogP contribution in [0.4, 0.5) is 0 Å². The van der Waals surface area contributed by atoms with Crippen molar-refractivity contribution in [3.63, 3.8) is 0 Å². The summed E-state index contributed by atoms with van der Waals surface area (Å²) in [6.45, 7) is 5.43. The van der Waals surface area contributed by atoms with Crippen LogP contribution in [-0.2, 0) is 16.1 Å². The predicted molar refractivity (Wildman–Crippen MR) is 119 cm³/mol. The molecule has 1 aliphatic rings. The van der Waals surface area contributed by atoms with Crippen LogP contribution >= 0.6 is 23.2 Å². The number of nitrogens with one attached hydrogen (secondary N) is 2. The van der Waals surface area contributed by atoms with Crippen LogP contribution in [0.1, 0.15) is 38.7 Å². The molecule has 1 aromatic carbocycles. The van der Waals surface area contributed by atoms with Crippen LogP contribution in [0.3, 0.4) is 0 Å². The van der Waals surface area contributed by atoms with Crippen molar-refractivity contribution in [2.75, 3.05) is 13.2 Å². The molecule has 1 heterocycles. The average molecular weight is 439 g/mol. The molecule has 0 spiro atoms. The van der Waals surface area contributed by atoms with Gasteiger partial charge < -0.3 is 21.1 Å². The molecule has 2 rings (SSSR count). The molecule has 1 aliphatic heterocycles. The lowest BCUT2D eigenvalue weighted by Crippen LogP contribution is -2.37. The van der Waals surface area contributed by atoms with Gasteiger partial charge in [-0.1, -0.05) is 36.2 Å². The molecule has 6 nitrogen and oxygen atoms in total. The minimum atomic E-state index is -0.316. The third kappa shape index (κ3) is 7.38. The second-order valence-electron chi connectivity index (χ2n) is 6.76. The third-order valence-electron chi connectivity index (χ3n) is 4.44. The molecule has 29 heavy (non-hydrogen) atoms. The Hall–Kier alpha value is -2.02. The first-order valence-electron chi connectivity index (χ1n) is 9.68. The summed E-state index contributed by atoms with van der Waals surface area (Å²) in [5, 5.41) is 7.10. The SMILES string of the molecule is CC/C=C(\NCc1ccc(Cl)c(Cl)c1)NC(=O)C(=NCC1CCCO1)C(C)=CN. The van der Waals surface area contributed by atoms with Crippen LogP contribution in [0.5, 0.6) is 0 Å². The van der Waals surface area contributed by atoms with E-state index in [4.69, 9.17) is 33.7 Å². The monoisotopic (exact) mass is 438 g/mol.